The van der Waals surface area contributed by atoms with Gasteiger partial charge in [-0.3, -0.25) is 0 Å². The van der Waals surface area contributed by atoms with Gasteiger partial charge in [0, 0.05) is 5.92 Å². The van der Waals surface area contributed by atoms with E-state index in [1.807, 2.05) is 24.3 Å². The van der Waals surface area contributed by atoms with Gasteiger partial charge in [0.15, 0.2) is 0 Å². The molecule has 0 amide bonds. The largest absolute Gasteiger partial charge is 0.398 e. The molecule has 16 heavy (non-hydrogen) atoms. The Bertz CT molecular complexity index is 448. The van der Waals surface area contributed by atoms with E-state index in [-0.39, 0.29) is 5.92 Å². The molecule has 84 valence electrons. The molecular formula is C12H12Cl2N2. The SMILES string of the molecule is Nc1ccc(C2C=CC(N)(Cl)C=C2)cc1Cl. The van der Waals surface area contributed by atoms with E-state index in [4.69, 9.17) is 34.7 Å². The van der Waals surface area contributed by atoms with Gasteiger partial charge in [-0.15, -0.1) is 0 Å². The summed E-state index contributed by atoms with van der Waals surface area (Å²) in [6, 6.07) is 5.59. The number of benzene rings is 1. The van der Waals surface area contributed by atoms with Crippen LogP contribution in [0.4, 0.5) is 5.69 Å². The molecule has 2 nitrogen and oxygen atoms in total. The molecular weight excluding hydrogens is 243 g/mol. The first-order valence-corrected chi connectivity index (χ1v) is 5.65. The summed E-state index contributed by atoms with van der Waals surface area (Å²) < 4.78 is 0. The van der Waals surface area contributed by atoms with E-state index in [1.54, 1.807) is 18.2 Å². The summed E-state index contributed by atoms with van der Waals surface area (Å²) in [5, 5.41) is 0.565. The normalized spacial score (nSPS) is 28.3. The van der Waals surface area contributed by atoms with Crippen LogP contribution >= 0.6 is 23.2 Å². The number of rotatable bonds is 1. The average Bonchev–Trinajstić information content (AvgIpc) is 2.22. The molecule has 0 fully saturated rings. The molecule has 1 aromatic rings. The minimum atomic E-state index is -0.867. The zero-order valence-electron chi connectivity index (χ0n) is 8.53. The number of allylic oxidation sites excluding steroid dienone is 2. The number of anilines is 1. The first-order valence-electron chi connectivity index (χ1n) is 4.89. The lowest BCUT2D eigenvalue weighted by Crippen LogP contribution is -2.29. The van der Waals surface area contributed by atoms with Gasteiger partial charge in [-0.05, 0) is 29.8 Å². The molecule has 4 heteroatoms. The van der Waals surface area contributed by atoms with Crippen molar-refractivity contribution in [2.75, 3.05) is 5.73 Å². The molecule has 2 rings (SSSR count). The summed E-state index contributed by atoms with van der Waals surface area (Å²) in [7, 11) is 0. The van der Waals surface area contributed by atoms with Crippen LogP contribution in [-0.2, 0) is 0 Å². The highest BCUT2D eigenvalue weighted by atomic mass is 35.5. The van der Waals surface area contributed by atoms with E-state index in [9.17, 15) is 0 Å². The van der Waals surface area contributed by atoms with Crippen molar-refractivity contribution in [2.45, 2.75) is 10.9 Å². The van der Waals surface area contributed by atoms with E-state index in [1.165, 1.54) is 0 Å². The van der Waals surface area contributed by atoms with E-state index in [2.05, 4.69) is 0 Å². The maximum Gasteiger partial charge on any atom is 0.128 e. The number of nitrogens with two attached hydrogens (primary N) is 2. The monoisotopic (exact) mass is 254 g/mol. The van der Waals surface area contributed by atoms with E-state index < -0.39 is 5.00 Å². The van der Waals surface area contributed by atoms with Crippen molar-refractivity contribution in [2.24, 2.45) is 5.73 Å². The van der Waals surface area contributed by atoms with Crippen LogP contribution in [0, 0.1) is 0 Å². The molecule has 4 N–H and O–H groups in total. The maximum atomic E-state index is 5.97. The maximum absolute atomic E-state index is 5.97. The van der Waals surface area contributed by atoms with Crippen molar-refractivity contribution in [1.29, 1.82) is 0 Å². The van der Waals surface area contributed by atoms with Gasteiger partial charge < -0.3 is 11.5 Å². The van der Waals surface area contributed by atoms with Crippen LogP contribution < -0.4 is 11.5 Å². The highest BCUT2D eigenvalue weighted by Crippen LogP contribution is 2.30. The molecule has 0 unspecified atom stereocenters. The lowest BCUT2D eigenvalue weighted by molar-refractivity contribution is 0.874. The van der Waals surface area contributed by atoms with Crippen molar-refractivity contribution >= 4 is 28.9 Å². The second-order valence-electron chi connectivity index (χ2n) is 3.85. The molecule has 0 saturated heterocycles. The van der Waals surface area contributed by atoms with E-state index in [0.717, 1.165) is 5.56 Å². The number of hydrogen-bond donors (Lipinski definition) is 2. The van der Waals surface area contributed by atoms with Gasteiger partial charge in [0.25, 0.3) is 0 Å². The van der Waals surface area contributed by atoms with Crippen LogP contribution in [0.1, 0.15) is 11.5 Å². The minimum Gasteiger partial charge on any atom is -0.398 e. The predicted molar refractivity (Wildman–Crippen MR) is 69.7 cm³/mol. The summed E-state index contributed by atoms with van der Waals surface area (Å²) in [6.07, 6.45) is 7.44. The van der Waals surface area contributed by atoms with Gasteiger partial charge in [0.05, 0.1) is 10.7 Å². The molecule has 0 aromatic heterocycles. The molecule has 0 bridgehead atoms. The Kier molecular flexibility index (Phi) is 2.98. The third-order valence-corrected chi connectivity index (χ3v) is 3.11. The van der Waals surface area contributed by atoms with Gasteiger partial charge in [0.2, 0.25) is 0 Å². The fourth-order valence-corrected chi connectivity index (χ4v) is 1.93. The van der Waals surface area contributed by atoms with Crippen molar-refractivity contribution in [1.82, 2.24) is 0 Å². The smallest absolute Gasteiger partial charge is 0.128 e. The minimum absolute atomic E-state index is 0.147. The van der Waals surface area contributed by atoms with Crippen LogP contribution in [0.25, 0.3) is 0 Å². The molecule has 0 atom stereocenters. The molecule has 0 heterocycles. The van der Waals surface area contributed by atoms with Crippen LogP contribution in [0.15, 0.2) is 42.5 Å². The van der Waals surface area contributed by atoms with Crippen LogP contribution in [0.3, 0.4) is 0 Å². The highest BCUT2D eigenvalue weighted by Gasteiger charge is 2.19. The summed E-state index contributed by atoms with van der Waals surface area (Å²) in [4.78, 5) is -0.867. The van der Waals surface area contributed by atoms with Gasteiger partial charge in [-0.2, -0.15) is 0 Å². The number of hydrogen-bond acceptors (Lipinski definition) is 2. The van der Waals surface area contributed by atoms with Gasteiger partial charge in [0.1, 0.15) is 5.00 Å². The molecule has 1 aliphatic rings. The van der Waals surface area contributed by atoms with E-state index in [0.29, 0.717) is 10.7 Å². The van der Waals surface area contributed by atoms with Crippen molar-refractivity contribution in [3.8, 4) is 0 Å². The Morgan fingerprint density at radius 1 is 1.19 bits per heavy atom. The zero-order valence-corrected chi connectivity index (χ0v) is 10.0. The zero-order chi connectivity index (χ0) is 11.8. The van der Waals surface area contributed by atoms with E-state index >= 15 is 0 Å². The number of nitrogen functional groups attached to an aromatic ring is 1. The summed E-state index contributed by atoms with van der Waals surface area (Å²) in [6.45, 7) is 0. The quantitative estimate of drug-likeness (QED) is 0.351. The van der Waals surface area contributed by atoms with Crippen molar-refractivity contribution < 1.29 is 0 Å². The summed E-state index contributed by atoms with van der Waals surface area (Å²) in [5.74, 6) is 0.147. The third-order valence-electron chi connectivity index (χ3n) is 2.53. The average molecular weight is 255 g/mol. The van der Waals surface area contributed by atoms with Crippen molar-refractivity contribution in [3.63, 3.8) is 0 Å². The standard InChI is InChI=1S/C12H12Cl2N2/c13-10-7-9(1-2-11(10)15)8-3-5-12(14,16)6-4-8/h1-8H,15-16H2. The fraction of sp³-hybridized carbons (Fsp3) is 0.167. The summed E-state index contributed by atoms with van der Waals surface area (Å²) >= 11 is 11.9. The molecule has 0 aliphatic heterocycles. The molecule has 0 spiro atoms. The number of halogens is 2. The Morgan fingerprint density at radius 2 is 1.81 bits per heavy atom. The summed E-state index contributed by atoms with van der Waals surface area (Å²) in [5.41, 5.74) is 13.0. The molecule has 0 radical (unpaired) electrons. The lowest BCUT2D eigenvalue weighted by atomic mass is 9.93. The second-order valence-corrected chi connectivity index (χ2v) is 4.91. The van der Waals surface area contributed by atoms with Crippen LogP contribution in [0.2, 0.25) is 5.02 Å². The van der Waals surface area contributed by atoms with Crippen molar-refractivity contribution in [3.05, 3.63) is 53.1 Å². The Labute approximate surface area is 105 Å². The topological polar surface area (TPSA) is 52.0 Å². The highest BCUT2D eigenvalue weighted by molar-refractivity contribution is 6.33. The van der Waals surface area contributed by atoms with Gasteiger partial charge in [-0.1, -0.05) is 41.4 Å². The fourth-order valence-electron chi connectivity index (χ4n) is 1.59. The Hall–Kier alpha value is -0.960. The van der Waals surface area contributed by atoms with Crippen LogP contribution in [-0.4, -0.2) is 5.00 Å². The van der Waals surface area contributed by atoms with Gasteiger partial charge in [-0.25, -0.2) is 0 Å². The third kappa shape index (κ3) is 2.40. The van der Waals surface area contributed by atoms with Crippen LogP contribution in [0.5, 0.6) is 0 Å². The Morgan fingerprint density at radius 3 is 2.38 bits per heavy atom. The Balaban J connectivity index is 2.27. The second kappa shape index (κ2) is 4.13. The molecule has 1 aliphatic carbocycles. The van der Waals surface area contributed by atoms with Gasteiger partial charge >= 0.3 is 0 Å². The molecule has 0 saturated carbocycles. The molecule has 1 aromatic carbocycles. The first kappa shape index (κ1) is 11.5. The first-order chi connectivity index (χ1) is 7.48. The predicted octanol–water partition coefficient (Wildman–Crippen LogP) is 3.03. The lowest BCUT2D eigenvalue weighted by Gasteiger charge is -2.20. The number of alkyl halides is 1.